The molecule has 2 aromatic heterocycles. The SMILES string of the molecule is Cc1nc(-c2ccccc2)ccc1C(=O)Nc1nnc(C(C)C)s1. The van der Waals surface area contributed by atoms with Crippen LogP contribution in [0.2, 0.25) is 0 Å². The molecule has 6 heteroatoms. The summed E-state index contributed by atoms with van der Waals surface area (Å²) < 4.78 is 0. The van der Waals surface area contributed by atoms with Crippen molar-refractivity contribution in [1.82, 2.24) is 15.2 Å². The van der Waals surface area contributed by atoms with Crippen LogP contribution in [0.4, 0.5) is 5.13 Å². The van der Waals surface area contributed by atoms with Gasteiger partial charge < -0.3 is 0 Å². The molecule has 0 unspecified atom stereocenters. The van der Waals surface area contributed by atoms with Gasteiger partial charge in [0.1, 0.15) is 5.01 Å². The van der Waals surface area contributed by atoms with E-state index in [0.717, 1.165) is 16.3 Å². The molecule has 0 saturated carbocycles. The summed E-state index contributed by atoms with van der Waals surface area (Å²) in [6.07, 6.45) is 0. The third-order valence-electron chi connectivity index (χ3n) is 3.55. The summed E-state index contributed by atoms with van der Waals surface area (Å²) in [7, 11) is 0. The Hall–Kier alpha value is -2.60. The topological polar surface area (TPSA) is 67.8 Å². The molecule has 1 N–H and O–H groups in total. The number of pyridine rings is 1. The maximum Gasteiger partial charge on any atom is 0.259 e. The third-order valence-corrected chi connectivity index (χ3v) is 4.69. The van der Waals surface area contributed by atoms with Crippen LogP contribution in [-0.4, -0.2) is 21.1 Å². The summed E-state index contributed by atoms with van der Waals surface area (Å²) in [6, 6.07) is 13.5. The predicted octanol–water partition coefficient (Wildman–Crippen LogP) is 4.28. The zero-order chi connectivity index (χ0) is 17.1. The van der Waals surface area contributed by atoms with E-state index in [2.05, 4.69) is 20.5 Å². The fourth-order valence-corrected chi connectivity index (χ4v) is 2.99. The highest BCUT2D eigenvalue weighted by atomic mass is 32.1. The van der Waals surface area contributed by atoms with Crippen LogP contribution < -0.4 is 5.32 Å². The predicted molar refractivity (Wildman–Crippen MR) is 96.4 cm³/mol. The molecule has 0 spiro atoms. The van der Waals surface area contributed by atoms with Crippen molar-refractivity contribution in [3.63, 3.8) is 0 Å². The van der Waals surface area contributed by atoms with Gasteiger partial charge in [-0.15, -0.1) is 10.2 Å². The second-order valence-corrected chi connectivity index (χ2v) is 6.76. The first-order valence-corrected chi connectivity index (χ1v) is 8.54. The lowest BCUT2D eigenvalue weighted by atomic mass is 10.1. The van der Waals surface area contributed by atoms with Gasteiger partial charge in [-0.1, -0.05) is 55.5 Å². The Kier molecular flexibility index (Phi) is 4.66. The van der Waals surface area contributed by atoms with Crippen LogP contribution in [0.5, 0.6) is 0 Å². The molecular weight excluding hydrogens is 320 g/mol. The molecule has 0 saturated heterocycles. The summed E-state index contributed by atoms with van der Waals surface area (Å²) in [6.45, 7) is 5.92. The summed E-state index contributed by atoms with van der Waals surface area (Å²) in [5.74, 6) is 0.0766. The standard InChI is InChI=1S/C18H18N4OS/c1-11(2)17-21-22-18(24-17)20-16(23)14-9-10-15(19-12(14)3)13-7-5-4-6-8-13/h4-11H,1-3H3,(H,20,22,23). The molecule has 3 aromatic rings. The van der Waals surface area contributed by atoms with Gasteiger partial charge >= 0.3 is 0 Å². The van der Waals surface area contributed by atoms with Gasteiger partial charge in [0.05, 0.1) is 17.0 Å². The zero-order valence-corrected chi connectivity index (χ0v) is 14.6. The van der Waals surface area contributed by atoms with Gasteiger partial charge in [0.2, 0.25) is 5.13 Å². The monoisotopic (exact) mass is 338 g/mol. The molecule has 24 heavy (non-hydrogen) atoms. The van der Waals surface area contributed by atoms with Crippen LogP contribution >= 0.6 is 11.3 Å². The first-order valence-electron chi connectivity index (χ1n) is 7.72. The van der Waals surface area contributed by atoms with E-state index in [-0.39, 0.29) is 5.91 Å². The van der Waals surface area contributed by atoms with E-state index >= 15 is 0 Å². The summed E-state index contributed by atoms with van der Waals surface area (Å²) in [5, 5.41) is 12.3. The van der Waals surface area contributed by atoms with Gasteiger partial charge in [-0.3, -0.25) is 15.1 Å². The summed E-state index contributed by atoms with van der Waals surface area (Å²) in [4.78, 5) is 17.0. The largest absolute Gasteiger partial charge is 0.296 e. The van der Waals surface area contributed by atoms with Crippen LogP contribution in [0.1, 0.15) is 40.8 Å². The van der Waals surface area contributed by atoms with E-state index < -0.39 is 0 Å². The van der Waals surface area contributed by atoms with Gasteiger partial charge in [-0.25, -0.2) is 0 Å². The Morgan fingerprint density at radius 2 is 1.83 bits per heavy atom. The van der Waals surface area contributed by atoms with Crippen LogP contribution in [0.15, 0.2) is 42.5 Å². The van der Waals surface area contributed by atoms with E-state index in [4.69, 9.17) is 0 Å². The second-order valence-electron chi connectivity index (χ2n) is 5.75. The van der Waals surface area contributed by atoms with Crippen molar-refractivity contribution in [2.24, 2.45) is 0 Å². The van der Waals surface area contributed by atoms with Crippen molar-refractivity contribution < 1.29 is 4.79 Å². The molecule has 5 nitrogen and oxygen atoms in total. The van der Waals surface area contributed by atoms with E-state index in [0.29, 0.717) is 22.3 Å². The molecule has 0 fully saturated rings. The number of aromatic nitrogens is 3. The molecule has 0 aliphatic rings. The normalized spacial score (nSPS) is 10.8. The average Bonchev–Trinajstić information content (AvgIpc) is 3.04. The Bertz CT molecular complexity index is 858. The number of benzene rings is 1. The zero-order valence-electron chi connectivity index (χ0n) is 13.8. The lowest BCUT2D eigenvalue weighted by molar-refractivity contribution is 0.102. The molecule has 0 aliphatic heterocycles. The molecule has 1 amide bonds. The maximum absolute atomic E-state index is 12.4. The van der Waals surface area contributed by atoms with E-state index in [1.807, 2.05) is 57.2 Å². The van der Waals surface area contributed by atoms with Crippen LogP contribution in [0, 0.1) is 6.92 Å². The number of rotatable bonds is 4. The Morgan fingerprint density at radius 1 is 1.08 bits per heavy atom. The smallest absolute Gasteiger partial charge is 0.259 e. The molecule has 122 valence electrons. The van der Waals surface area contributed by atoms with Crippen LogP contribution in [-0.2, 0) is 0 Å². The fraction of sp³-hybridized carbons (Fsp3) is 0.222. The minimum atomic E-state index is -0.217. The van der Waals surface area contributed by atoms with Crippen molar-refractivity contribution in [3.8, 4) is 11.3 Å². The number of nitrogens with zero attached hydrogens (tertiary/aromatic N) is 3. The quantitative estimate of drug-likeness (QED) is 0.771. The highest BCUT2D eigenvalue weighted by Crippen LogP contribution is 2.24. The first kappa shape index (κ1) is 16.3. The third kappa shape index (κ3) is 3.49. The van der Waals surface area contributed by atoms with Crippen LogP contribution in [0.25, 0.3) is 11.3 Å². The number of hydrogen-bond acceptors (Lipinski definition) is 5. The maximum atomic E-state index is 12.4. The molecule has 0 bridgehead atoms. The Morgan fingerprint density at radius 3 is 2.46 bits per heavy atom. The van der Waals surface area contributed by atoms with E-state index in [1.54, 1.807) is 6.07 Å². The van der Waals surface area contributed by atoms with E-state index in [1.165, 1.54) is 11.3 Å². The number of nitrogens with one attached hydrogen (secondary N) is 1. The van der Waals surface area contributed by atoms with Crippen molar-refractivity contribution in [3.05, 3.63) is 58.7 Å². The lowest BCUT2D eigenvalue weighted by Gasteiger charge is -2.07. The second kappa shape index (κ2) is 6.88. The number of carbonyl (C=O) groups excluding carboxylic acids is 1. The molecule has 1 aromatic carbocycles. The Labute approximate surface area is 144 Å². The van der Waals surface area contributed by atoms with Gasteiger partial charge in [0.25, 0.3) is 5.91 Å². The highest BCUT2D eigenvalue weighted by molar-refractivity contribution is 7.15. The van der Waals surface area contributed by atoms with Gasteiger partial charge in [-0.2, -0.15) is 0 Å². The average molecular weight is 338 g/mol. The molecule has 3 rings (SSSR count). The highest BCUT2D eigenvalue weighted by Gasteiger charge is 2.15. The number of amides is 1. The van der Waals surface area contributed by atoms with Crippen LogP contribution in [0.3, 0.4) is 0 Å². The fourth-order valence-electron chi connectivity index (χ4n) is 2.25. The van der Waals surface area contributed by atoms with Crippen molar-refractivity contribution in [1.29, 1.82) is 0 Å². The minimum Gasteiger partial charge on any atom is -0.296 e. The lowest BCUT2D eigenvalue weighted by Crippen LogP contribution is -2.14. The summed E-state index contributed by atoms with van der Waals surface area (Å²) >= 11 is 1.40. The molecule has 0 atom stereocenters. The van der Waals surface area contributed by atoms with Gasteiger partial charge in [-0.05, 0) is 19.1 Å². The minimum absolute atomic E-state index is 0.217. The number of anilines is 1. The summed E-state index contributed by atoms with van der Waals surface area (Å²) in [5.41, 5.74) is 3.10. The Balaban J connectivity index is 1.80. The molecular formula is C18H18N4OS. The van der Waals surface area contributed by atoms with Gasteiger partial charge in [0.15, 0.2) is 0 Å². The van der Waals surface area contributed by atoms with E-state index in [9.17, 15) is 4.79 Å². The molecule has 0 aliphatic carbocycles. The van der Waals surface area contributed by atoms with Crippen molar-refractivity contribution in [2.75, 3.05) is 5.32 Å². The van der Waals surface area contributed by atoms with Gasteiger partial charge in [0, 0.05) is 11.5 Å². The first-order chi connectivity index (χ1) is 11.5. The number of aryl methyl sites for hydroxylation is 1. The molecule has 2 heterocycles. The number of hydrogen-bond donors (Lipinski definition) is 1. The molecule has 0 radical (unpaired) electrons. The number of carbonyl (C=O) groups is 1. The van der Waals surface area contributed by atoms with Crippen molar-refractivity contribution >= 4 is 22.4 Å². The van der Waals surface area contributed by atoms with Crippen molar-refractivity contribution in [2.45, 2.75) is 26.7 Å².